The van der Waals surface area contributed by atoms with Crippen molar-refractivity contribution in [2.75, 3.05) is 6.61 Å². The summed E-state index contributed by atoms with van der Waals surface area (Å²) in [5.74, 6) is -3.40. The molecule has 0 aliphatic rings. The van der Waals surface area contributed by atoms with Crippen LogP contribution in [0.2, 0.25) is 0 Å². The van der Waals surface area contributed by atoms with Crippen molar-refractivity contribution in [3.8, 4) is 0 Å². The fourth-order valence-electron chi connectivity index (χ4n) is 2.74. The van der Waals surface area contributed by atoms with Crippen molar-refractivity contribution < 1.29 is 22.7 Å². The second-order valence-corrected chi connectivity index (χ2v) is 6.66. The van der Waals surface area contributed by atoms with Gasteiger partial charge in [0.2, 0.25) is 5.43 Å². The van der Waals surface area contributed by atoms with E-state index >= 15 is 0 Å². The molecule has 1 N–H and O–H groups in total. The Labute approximate surface area is 160 Å². The number of benzene rings is 2. The average molecular weight is 440 g/mol. The van der Waals surface area contributed by atoms with Gasteiger partial charge in [-0.05, 0) is 36.2 Å². The number of hydrogen-bond acceptors (Lipinski definition) is 3. The van der Waals surface area contributed by atoms with Crippen LogP contribution in [-0.2, 0) is 11.2 Å². The molecule has 140 valence electrons. The van der Waals surface area contributed by atoms with Gasteiger partial charge in [-0.15, -0.1) is 0 Å². The minimum atomic E-state index is -1.01. The zero-order valence-electron chi connectivity index (χ0n) is 14.0. The summed E-state index contributed by atoms with van der Waals surface area (Å²) >= 11 is 3.13. The molecule has 0 unspecified atom stereocenters. The minimum Gasteiger partial charge on any atom is -0.462 e. The Morgan fingerprint density at radius 3 is 2.56 bits per heavy atom. The van der Waals surface area contributed by atoms with Crippen molar-refractivity contribution in [1.29, 1.82) is 0 Å². The Balaban J connectivity index is 2.13. The van der Waals surface area contributed by atoms with Crippen molar-refractivity contribution in [2.45, 2.75) is 13.3 Å². The quantitative estimate of drug-likeness (QED) is 0.609. The van der Waals surface area contributed by atoms with E-state index in [0.29, 0.717) is 4.47 Å². The van der Waals surface area contributed by atoms with Gasteiger partial charge in [0.1, 0.15) is 17.2 Å². The maximum Gasteiger partial charge on any atom is 0.343 e. The highest BCUT2D eigenvalue weighted by Gasteiger charge is 2.21. The van der Waals surface area contributed by atoms with E-state index in [-0.39, 0.29) is 29.7 Å². The van der Waals surface area contributed by atoms with Gasteiger partial charge >= 0.3 is 5.97 Å². The van der Waals surface area contributed by atoms with Crippen molar-refractivity contribution >= 4 is 32.8 Å². The summed E-state index contributed by atoms with van der Waals surface area (Å²) in [5, 5.41) is -0.585. The Bertz CT molecular complexity index is 1110. The summed E-state index contributed by atoms with van der Waals surface area (Å²) in [6.07, 6.45) is 0.772. The molecule has 0 atom stereocenters. The second kappa shape index (κ2) is 7.56. The molecule has 3 rings (SSSR count). The molecule has 0 spiro atoms. The Morgan fingerprint density at radius 1 is 1.15 bits per heavy atom. The van der Waals surface area contributed by atoms with Crippen LogP contribution in [-0.4, -0.2) is 17.6 Å². The highest BCUT2D eigenvalue weighted by atomic mass is 79.9. The average Bonchev–Trinajstić information content (AvgIpc) is 2.61. The van der Waals surface area contributed by atoms with Crippen molar-refractivity contribution in [3.05, 3.63) is 79.3 Å². The third-order valence-electron chi connectivity index (χ3n) is 4.02. The lowest BCUT2D eigenvalue weighted by molar-refractivity contribution is 0.0524. The van der Waals surface area contributed by atoms with Crippen LogP contribution >= 0.6 is 15.9 Å². The number of carbonyl (C=O) groups excluding carboxylic acids is 1. The zero-order valence-corrected chi connectivity index (χ0v) is 15.6. The monoisotopic (exact) mass is 439 g/mol. The van der Waals surface area contributed by atoms with Gasteiger partial charge in [0.15, 0.2) is 5.82 Å². The predicted octanol–water partition coefficient (Wildman–Crippen LogP) is 4.48. The number of nitrogens with one attached hydrogen (secondary N) is 1. The molecule has 0 aliphatic carbocycles. The number of ether oxygens (including phenoxy) is 1. The summed E-state index contributed by atoms with van der Waals surface area (Å²) in [6.45, 7) is 1.59. The largest absolute Gasteiger partial charge is 0.462 e. The lowest BCUT2D eigenvalue weighted by Crippen LogP contribution is -2.19. The first-order chi connectivity index (χ1) is 12.8. The number of H-pyrrole nitrogens is 1. The van der Waals surface area contributed by atoms with Gasteiger partial charge in [0, 0.05) is 17.1 Å². The van der Waals surface area contributed by atoms with Gasteiger partial charge < -0.3 is 9.72 Å². The molecule has 1 aromatic heterocycles. The van der Waals surface area contributed by atoms with Crippen molar-refractivity contribution in [3.63, 3.8) is 0 Å². The third kappa shape index (κ3) is 3.62. The molecular formula is C19H13BrF3NO3. The van der Waals surface area contributed by atoms with Crippen molar-refractivity contribution in [2.24, 2.45) is 0 Å². The van der Waals surface area contributed by atoms with Crippen LogP contribution in [0.15, 0.2) is 39.7 Å². The number of aromatic amines is 1. The van der Waals surface area contributed by atoms with E-state index in [9.17, 15) is 22.8 Å². The van der Waals surface area contributed by atoms with Gasteiger partial charge in [-0.3, -0.25) is 4.79 Å². The number of hydrogen-bond donors (Lipinski definition) is 1. The molecule has 0 saturated carbocycles. The summed E-state index contributed by atoms with van der Waals surface area (Å²) in [5.41, 5.74) is -1.74. The molecule has 1 heterocycles. The molecule has 0 aliphatic heterocycles. The fourth-order valence-corrected chi connectivity index (χ4v) is 3.07. The molecule has 27 heavy (non-hydrogen) atoms. The minimum absolute atomic E-state index is 0.0326. The first-order valence-electron chi connectivity index (χ1n) is 7.96. The van der Waals surface area contributed by atoms with Crippen LogP contribution in [0.4, 0.5) is 13.2 Å². The van der Waals surface area contributed by atoms with E-state index in [4.69, 9.17) is 4.74 Å². The zero-order chi connectivity index (χ0) is 19.7. The van der Waals surface area contributed by atoms with E-state index in [1.165, 1.54) is 12.1 Å². The third-order valence-corrected chi connectivity index (χ3v) is 4.51. The van der Waals surface area contributed by atoms with E-state index in [2.05, 4.69) is 20.9 Å². The molecule has 0 radical (unpaired) electrons. The SMILES string of the molecule is CCOC(=O)c1c[nH]c2c(F)c(Cc3ccc(Br)cc3F)cc(F)c2c1=O. The number of halogens is 4. The number of esters is 1. The Hall–Kier alpha value is -2.61. The Morgan fingerprint density at radius 2 is 1.89 bits per heavy atom. The standard InChI is InChI=1S/C19H13BrF3NO3/c1-2-27-19(26)12-8-24-17-15(18(12)25)14(22)6-10(16(17)23)5-9-3-4-11(20)7-13(9)21/h3-4,6-8H,2,5H2,1H3,(H,24,25). The molecule has 0 fully saturated rings. The lowest BCUT2D eigenvalue weighted by atomic mass is 10.0. The van der Waals surface area contributed by atoms with Crippen LogP contribution in [0.5, 0.6) is 0 Å². The first kappa shape index (κ1) is 19.2. The van der Waals surface area contributed by atoms with Gasteiger partial charge in [-0.2, -0.15) is 0 Å². The molecular weight excluding hydrogens is 427 g/mol. The van der Waals surface area contributed by atoms with Gasteiger partial charge in [0.05, 0.1) is 17.5 Å². The summed E-state index contributed by atoms with van der Waals surface area (Å²) in [4.78, 5) is 26.6. The van der Waals surface area contributed by atoms with E-state index in [0.717, 1.165) is 12.3 Å². The van der Waals surface area contributed by atoms with Crippen LogP contribution in [0.25, 0.3) is 10.9 Å². The maximum atomic E-state index is 14.8. The topological polar surface area (TPSA) is 59.2 Å². The highest BCUT2D eigenvalue weighted by molar-refractivity contribution is 9.10. The molecule has 0 bridgehead atoms. The number of aromatic nitrogens is 1. The molecule has 0 saturated heterocycles. The second-order valence-electron chi connectivity index (χ2n) is 5.75. The summed E-state index contributed by atoms with van der Waals surface area (Å²) in [7, 11) is 0. The van der Waals surface area contributed by atoms with Crippen LogP contribution in [0.1, 0.15) is 28.4 Å². The number of fused-ring (bicyclic) bond motifs is 1. The number of rotatable bonds is 4. The molecule has 3 aromatic rings. The Kier molecular flexibility index (Phi) is 5.36. The molecule has 8 heteroatoms. The number of carbonyl (C=O) groups is 1. The lowest BCUT2D eigenvalue weighted by Gasteiger charge is -2.10. The van der Waals surface area contributed by atoms with E-state index < -0.39 is 39.8 Å². The summed E-state index contributed by atoms with van der Waals surface area (Å²) in [6, 6.07) is 5.09. The smallest absolute Gasteiger partial charge is 0.343 e. The van der Waals surface area contributed by atoms with Crippen molar-refractivity contribution in [1.82, 2.24) is 4.98 Å². The van der Waals surface area contributed by atoms with E-state index in [1.807, 2.05) is 0 Å². The van der Waals surface area contributed by atoms with Gasteiger partial charge in [-0.25, -0.2) is 18.0 Å². The first-order valence-corrected chi connectivity index (χ1v) is 8.76. The van der Waals surface area contributed by atoms with E-state index in [1.54, 1.807) is 13.0 Å². The number of pyridine rings is 1. The predicted molar refractivity (Wildman–Crippen MR) is 97.3 cm³/mol. The normalized spacial score (nSPS) is 11.0. The highest BCUT2D eigenvalue weighted by Crippen LogP contribution is 2.25. The molecule has 2 aromatic carbocycles. The van der Waals surface area contributed by atoms with Gasteiger partial charge in [0.25, 0.3) is 0 Å². The summed E-state index contributed by atoms with van der Waals surface area (Å²) < 4.78 is 48.6. The molecule has 0 amide bonds. The maximum absolute atomic E-state index is 14.8. The molecule has 4 nitrogen and oxygen atoms in total. The van der Waals surface area contributed by atoms with Crippen LogP contribution < -0.4 is 5.43 Å². The fraction of sp³-hybridized carbons (Fsp3) is 0.158. The van der Waals surface area contributed by atoms with Crippen LogP contribution in [0.3, 0.4) is 0 Å². The van der Waals surface area contributed by atoms with Gasteiger partial charge in [-0.1, -0.05) is 22.0 Å². The van der Waals surface area contributed by atoms with Crippen LogP contribution in [0, 0.1) is 17.5 Å².